The molecule has 1 aliphatic rings. The average molecular weight is 409 g/mol. The molecule has 1 heterocycles. The number of nitriles is 1. The van der Waals surface area contributed by atoms with Crippen LogP contribution in [0.5, 0.6) is 11.5 Å². The van der Waals surface area contributed by atoms with Crippen LogP contribution in [0.2, 0.25) is 0 Å². The van der Waals surface area contributed by atoms with Crippen molar-refractivity contribution in [2.24, 2.45) is 5.92 Å². The van der Waals surface area contributed by atoms with Crippen molar-refractivity contribution in [3.8, 4) is 17.6 Å². The Kier molecular flexibility index (Phi) is 7.87. The van der Waals surface area contributed by atoms with Gasteiger partial charge in [-0.2, -0.15) is 5.26 Å². The van der Waals surface area contributed by atoms with Gasteiger partial charge in [0.1, 0.15) is 11.5 Å². The van der Waals surface area contributed by atoms with E-state index in [1.807, 2.05) is 37.3 Å². The zero-order valence-electron chi connectivity index (χ0n) is 18.0. The summed E-state index contributed by atoms with van der Waals surface area (Å²) in [5.74, 6) is 1.34. The SMILES string of the molecule is COCCCC[C@@](O)(c1ccc(C#N)cc1Oc1cccc(C)c1)[C@@H]1CCCNC1. The van der Waals surface area contributed by atoms with Gasteiger partial charge in [-0.1, -0.05) is 18.2 Å². The molecule has 160 valence electrons. The van der Waals surface area contributed by atoms with Gasteiger partial charge < -0.3 is 19.9 Å². The second-order valence-electron chi connectivity index (χ2n) is 8.16. The molecule has 0 aromatic heterocycles. The molecule has 2 atom stereocenters. The van der Waals surface area contributed by atoms with Crippen LogP contribution in [0, 0.1) is 24.2 Å². The van der Waals surface area contributed by atoms with E-state index in [0.717, 1.165) is 49.9 Å². The summed E-state index contributed by atoms with van der Waals surface area (Å²) in [6.45, 7) is 4.44. The highest BCUT2D eigenvalue weighted by atomic mass is 16.5. The van der Waals surface area contributed by atoms with Crippen LogP contribution in [-0.4, -0.2) is 31.9 Å². The molecule has 1 aliphatic heterocycles. The van der Waals surface area contributed by atoms with E-state index >= 15 is 0 Å². The number of nitrogens with one attached hydrogen (secondary N) is 1. The van der Waals surface area contributed by atoms with Crippen molar-refractivity contribution >= 4 is 0 Å². The van der Waals surface area contributed by atoms with Crippen molar-refractivity contribution < 1.29 is 14.6 Å². The van der Waals surface area contributed by atoms with Crippen molar-refractivity contribution in [1.82, 2.24) is 5.32 Å². The average Bonchev–Trinajstić information content (AvgIpc) is 2.77. The number of aliphatic hydroxyl groups is 1. The largest absolute Gasteiger partial charge is 0.457 e. The number of hydrogen-bond donors (Lipinski definition) is 2. The normalized spacial score (nSPS) is 18.4. The minimum absolute atomic E-state index is 0.0848. The van der Waals surface area contributed by atoms with E-state index in [2.05, 4.69) is 11.4 Å². The van der Waals surface area contributed by atoms with E-state index in [4.69, 9.17) is 9.47 Å². The quantitative estimate of drug-likeness (QED) is 0.590. The lowest BCUT2D eigenvalue weighted by molar-refractivity contribution is -0.0447. The van der Waals surface area contributed by atoms with Gasteiger partial charge in [-0.25, -0.2) is 0 Å². The smallest absolute Gasteiger partial charge is 0.134 e. The summed E-state index contributed by atoms with van der Waals surface area (Å²) in [7, 11) is 1.70. The van der Waals surface area contributed by atoms with Gasteiger partial charge in [0.15, 0.2) is 0 Å². The van der Waals surface area contributed by atoms with Crippen LogP contribution >= 0.6 is 0 Å². The third kappa shape index (κ3) is 5.40. The molecule has 5 nitrogen and oxygen atoms in total. The van der Waals surface area contributed by atoms with Crippen molar-refractivity contribution in [3.63, 3.8) is 0 Å². The van der Waals surface area contributed by atoms with Gasteiger partial charge in [0.2, 0.25) is 0 Å². The van der Waals surface area contributed by atoms with E-state index in [1.165, 1.54) is 0 Å². The van der Waals surface area contributed by atoms with Crippen LogP contribution in [0.3, 0.4) is 0 Å². The zero-order valence-corrected chi connectivity index (χ0v) is 18.0. The Labute approximate surface area is 179 Å². The number of ether oxygens (including phenoxy) is 2. The molecule has 0 saturated carbocycles. The monoisotopic (exact) mass is 408 g/mol. The molecular formula is C25H32N2O3. The Morgan fingerprint density at radius 2 is 2.10 bits per heavy atom. The molecule has 0 aliphatic carbocycles. The second kappa shape index (κ2) is 10.6. The van der Waals surface area contributed by atoms with Gasteiger partial charge in [-0.15, -0.1) is 0 Å². The van der Waals surface area contributed by atoms with Gasteiger partial charge >= 0.3 is 0 Å². The summed E-state index contributed by atoms with van der Waals surface area (Å²) in [6.07, 6.45) is 4.36. The van der Waals surface area contributed by atoms with E-state index in [1.54, 1.807) is 19.2 Å². The molecule has 0 unspecified atom stereocenters. The minimum Gasteiger partial charge on any atom is -0.457 e. The van der Waals surface area contributed by atoms with E-state index in [-0.39, 0.29) is 5.92 Å². The van der Waals surface area contributed by atoms with Gasteiger partial charge in [0.25, 0.3) is 0 Å². The lowest BCUT2D eigenvalue weighted by atomic mass is 9.74. The standard InChI is InChI=1S/C25H32N2O3/c1-19-7-5-9-22(15-19)30-24-16-20(17-26)10-11-23(24)25(28,12-3-4-14-29-2)21-8-6-13-27-18-21/h5,7,9-11,15-16,21,27-28H,3-4,6,8,12-14,18H2,1-2H3/t21-,25+/m1/s1. The van der Waals surface area contributed by atoms with Gasteiger partial charge in [-0.05, 0) is 75.4 Å². The van der Waals surface area contributed by atoms with E-state index in [0.29, 0.717) is 30.1 Å². The number of hydrogen-bond acceptors (Lipinski definition) is 5. The Morgan fingerprint density at radius 3 is 2.80 bits per heavy atom. The fraction of sp³-hybridized carbons (Fsp3) is 0.480. The molecule has 0 radical (unpaired) electrons. The first-order valence-corrected chi connectivity index (χ1v) is 10.8. The molecule has 1 saturated heterocycles. The number of piperidine rings is 1. The van der Waals surface area contributed by atoms with Crippen LogP contribution in [0.4, 0.5) is 0 Å². The number of unbranched alkanes of at least 4 members (excludes halogenated alkanes) is 1. The number of nitrogens with zero attached hydrogens (tertiary/aromatic N) is 1. The predicted octanol–water partition coefficient (Wildman–Crippen LogP) is 4.66. The van der Waals surface area contributed by atoms with E-state index < -0.39 is 5.60 Å². The van der Waals surface area contributed by atoms with Crippen LogP contribution in [0.25, 0.3) is 0 Å². The first-order chi connectivity index (χ1) is 14.6. The summed E-state index contributed by atoms with van der Waals surface area (Å²) < 4.78 is 11.4. The molecular weight excluding hydrogens is 376 g/mol. The number of rotatable bonds is 9. The Balaban J connectivity index is 1.99. The molecule has 3 rings (SSSR count). The Hall–Kier alpha value is -2.39. The maximum Gasteiger partial charge on any atom is 0.134 e. The van der Waals surface area contributed by atoms with Crippen molar-refractivity contribution in [3.05, 3.63) is 59.2 Å². The molecule has 0 amide bonds. The number of benzene rings is 2. The van der Waals surface area contributed by atoms with Crippen LogP contribution in [0.1, 0.15) is 48.8 Å². The van der Waals surface area contributed by atoms with Crippen LogP contribution in [0.15, 0.2) is 42.5 Å². The molecule has 1 fully saturated rings. The number of methoxy groups -OCH3 is 1. The van der Waals surface area contributed by atoms with Gasteiger partial charge in [0.05, 0.1) is 17.2 Å². The minimum atomic E-state index is -1.03. The molecule has 5 heteroatoms. The lowest BCUT2D eigenvalue weighted by Gasteiger charge is -2.40. The molecule has 2 aromatic carbocycles. The highest BCUT2D eigenvalue weighted by Crippen LogP contribution is 2.43. The molecule has 0 spiro atoms. The van der Waals surface area contributed by atoms with Gasteiger partial charge in [-0.3, -0.25) is 0 Å². The molecule has 30 heavy (non-hydrogen) atoms. The fourth-order valence-corrected chi connectivity index (χ4v) is 4.30. The lowest BCUT2D eigenvalue weighted by Crippen LogP contribution is -2.44. The maximum absolute atomic E-state index is 12.0. The first kappa shape index (κ1) is 22.3. The fourth-order valence-electron chi connectivity index (χ4n) is 4.30. The number of aryl methyl sites for hydroxylation is 1. The third-order valence-corrected chi connectivity index (χ3v) is 5.92. The summed E-state index contributed by atoms with van der Waals surface area (Å²) in [6, 6.07) is 15.4. The van der Waals surface area contributed by atoms with Crippen molar-refractivity contribution in [1.29, 1.82) is 5.26 Å². The predicted molar refractivity (Wildman–Crippen MR) is 118 cm³/mol. The highest BCUT2D eigenvalue weighted by Gasteiger charge is 2.40. The molecule has 0 bridgehead atoms. The topological polar surface area (TPSA) is 74.5 Å². The summed E-state index contributed by atoms with van der Waals surface area (Å²) in [5, 5.41) is 24.9. The molecule has 2 N–H and O–H groups in total. The van der Waals surface area contributed by atoms with Crippen LogP contribution in [-0.2, 0) is 10.3 Å². The second-order valence-corrected chi connectivity index (χ2v) is 8.16. The summed E-state index contributed by atoms with van der Waals surface area (Å²) in [5.41, 5.74) is 1.34. The van der Waals surface area contributed by atoms with Crippen molar-refractivity contribution in [2.45, 2.75) is 44.6 Å². The summed E-state index contributed by atoms with van der Waals surface area (Å²) >= 11 is 0. The Bertz CT molecular complexity index is 871. The first-order valence-electron chi connectivity index (χ1n) is 10.8. The Morgan fingerprint density at radius 1 is 1.23 bits per heavy atom. The van der Waals surface area contributed by atoms with Gasteiger partial charge in [0, 0.05) is 31.7 Å². The molecule has 2 aromatic rings. The maximum atomic E-state index is 12.0. The van der Waals surface area contributed by atoms with Crippen molar-refractivity contribution in [2.75, 3.05) is 26.8 Å². The highest BCUT2D eigenvalue weighted by molar-refractivity contribution is 5.48. The summed E-state index contributed by atoms with van der Waals surface area (Å²) in [4.78, 5) is 0. The van der Waals surface area contributed by atoms with E-state index in [9.17, 15) is 10.4 Å². The zero-order chi connectivity index (χ0) is 21.4. The van der Waals surface area contributed by atoms with Crippen LogP contribution < -0.4 is 10.1 Å². The third-order valence-electron chi connectivity index (χ3n) is 5.92.